The van der Waals surface area contributed by atoms with Crippen molar-refractivity contribution in [1.82, 2.24) is 14.9 Å². The van der Waals surface area contributed by atoms with Gasteiger partial charge in [-0.2, -0.15) is 0 Å². The summed E-state index contributed by atoms with van der Waals surface area (Å²) in [5.74, 6) is 0.471. The molecule has 0 bridgehead atoms. The monoisotopic (exact) mass is 196 g/mol. The van der Waals surface area contributed by atoms with Gasteiger partial charge in [0.05, 0.1) is 12.8 Å². The lowest BCUT2D eigenvalue weighted by molar-refractivity contribution is 0.274. The fourth-order valence-electron chi connectivity index (χ4n) is 0.999. The van der Waals surface area contributed by atoms with Crippen molar-refractivity contribution in [3.8, 4) is 5.88 Å². The Morgan fingerprint density at radius 3 is 2.93 bits per heavy atom. The second kappa shape index (κ2) is 5.39. The van der Waals surface area contributed by atoms with E-state index in [1.165, 1.54) is 12.5 Å². The Morgan fingerprint density at radius 2 is 2.29 bits per heavy atom. The molecule has 14 heavy (non-hydrogen) atoms. The molecule has 0 aromatic carbocycles. The summed E-state index contributed by atoms with van der Waals surface area (Å²) in [5, 5.41) is 0. The van der Waals surface area contributed by atoms with Gasteiger partial charge in [-0.1, -0.05) is 0 Å². The van der Waals surface area contributed by atoms with Crippen LogP contribution in [0.1, 0.15) is 6.42 Å². The molecule has 0 spiro atoms. The lowest BCUT2D eigenvalue weighted by atomic mass is 10.4. The molecule has 5 heteroatoms. The second-order valence-electron chi connectivity index (χ2n) is 3.29. The number of ether oxygens (including phenoxy) is 1. The summed E-state index contributed by atoms with van der Waals surface area (Å²) in [6, 6.07) is 0. The molecule has 0 aliphatic rings. The fourth-order valence-corrected chi connectivity index (χ4v) is 0.999. The average molecular weight is 196 g/mol. The highest BCUT2D eigenvalue weighted by atomic mass is 16.5. The van der Waals surface area contributed by atoms with Gasteiger partial charge in [0.15, 0.2) is 0 Å². The lowest BCUT2D eigenvalue weighted by Gasteiger charge is -2.10. The largest absolute Gasteiger partial charge is 0.476 e. The van der Waals surface area contributed by atoms with Gasteiger partial charge in [0.25, 0.3) is 0 Å². The molecular weight excluding hydrogens is 180 g/mol. The number of nitrogens with two attached hydrogens (primary N) is 1. The van der Waals surface area contributed by atoms with E-state index in [1.807, 2.05) is 14.1 Å². The van der Waals surface area contributed by atoms with Gasteiger partial charge >= 0.3 is 0 Å². The third-order valence-corrected chi connectivity index (χ3v) is 1.69. The van der Waals surface area contributed by atoms with Gasteiger partial charge in [-0.15, -0.1) is 0 Å². The summed E-state index contributed by atoms with van der Waals surface area (Å²) in [6.45, 7) is 1.62. The Bertz CT molecular complexity index is 277. The minimum Gasteiger partial charge on any atom is -0.476 e. The van der Waals surface area contributed by atoms with E-state index >= 15 is 0 Å². The first-order chi connectivity index (χ1) is 6.70. The third-order valence-electron chi connectivity index (χ3n) is 1.69. The first kappa shape index (κ1) is 10.7. The van der Waals surface area contributed by atoms with Gasteiger partial charge in [-0.05, 0) is 20.5 Å². The first-order valence-corrected chi connectivity index (χ1v) is 4.53. The van der Waals surface area contributed by atoms with E-state index in [0.29, 0.717) is 18.2 Å². The Balaban J connectivity index is 2.28. The summed E-state index contributed by atoms with van der Waals surface area (Å²) in [6.07, 6.45) is 3.92. The normalized spacial score (nSPS) is 10.5. The SMILES string of the molecule is CN(C)CCCOc1ncncc1N. The van der Waals surface area contributed by atoms with E-state index in [1.54, 1.807) is 0 Å². The maximum absolute atomic E-state index is 5.60. The number of nitrogens with zero attached hydrogens (tertiary/aromatic N) is 3. The molecule has 0 fully saturated rings. The quantitative estimate of drug-likeness (QED) is 0.690. The fraction of sp³-hybridized carbons (Fsp3) is 0.556. The minimum atomic E-state index is 0.471. The Hall–Kier alpha value is -1.36. The number of nitrogen functional groups attached to an aromatic ring is 1. The Kier molecular flexibility index (Phi) is 4.12. The number of aromatic nitrogens is 2. The molecule has 0 aliphatic carbocycles. The predicted molar refractivity (Wildman–Crippen MR) is 55.1 cm³/mol. The second-order valence-corrected chi connectivity index (χ2v) is 3.29. The average Bonchev–Trinajstić information content (AvgIpc) is 2.15. The van der Waals surface area contributed by atoms with E-state index in [4.69, 9.17) is 10.5 Å². The highest BCUT2D eigenvalue weighted by molar-refractivity contribution is 5.44. The molecule has 78 valence electrons. The van der Waals surface area contributed by atoms with Crippen LogP contribution >= 0.6 is 0 Å². The van der Waals surface area contributed by atoms with Crippen LogP contribution in [0.3, 0.4) is 0 Å². The summed E-state index contributed by atoms with van der Waals surface area (Å²) >= 11 is 0. The zero-order chi connectivity index (χ0) is 10.4. The van der Waals surface area contributed by atoms with Crippen LogP contribution in [0, 0.1) is 0 Å². The Morgan fingerprint density at radius 1 is 1.50 bits per heavy atom. The van der Waals surface area contributed by atoms with Crippen molar-refractivity contribution in [2.24, 2.45) is 0 Å². The van der Waals surface area contributed by atoms with E-state index in [2.05, 4.69) is 14.9 Å². The van der Waals surface area contributed by atoms with Gasteiger partial charge < -0.3 is 15.4 Å². The summed E-state index contributed by atoms with van der Waals surface area (Å²) in [7, 11) is 4.05. The van der Waals surface area contributed by atoms with Crippen molar-refractivity contribution in [3.63, 3.8) is 0 Å². The minimum absolute atomic E-state index is 0.471. The maximum Gasteiger partial charge on any atom is 0.240 e. The van der Waals surface area contributed by atoms with Gasteiger partial charge in [0, 0.05) is 6.54 Å². The standard InChI is InChI=1S/C9H16N4O/c1-13(2)4-3-5-14-9-8(10)6-11-7-12-9/h6-7H,3-5,10H2,1-2H3. The molecule has 0 saturated carbocycles. The van der Waals surface area contributed by atoms with Crippen molar-refractivity contribution in [2.45, 2.75) is 6.42 Å². The summed E-state index contributed by atoms with van der Waals surface area (Å²) in [4.78, 5) is 9.80. The summed E-state index contributed by atoms with van der Waals surface area (Å²) < 4.78 is 5.38. The zero-order valence-corrected chi connectivity index (χ0v) is 8.60. The maximum atomic E-state index is 5.60. The van der Waals surface area contributed by atoms with Crippen LogP contribution < -0.4 is 10.5 Å². The molecular formula is C9H16N4O. The van der Waals surface area contributed by atoms with E-state index in [-0.39, 0.29) is 0 Å². The lowest BCUT2D eigenvalue weighted by Crippen LogP contribution is -2.16. The highest BCUT2D eigenvalue weighted by Crippen LogP contribution is 2.14. The van der Waals surface area contributed by atoms with Crippen LogP contribution in [0.2, 0.25) is 0 Å². The molecule has 0 amide bonds. The molecule has 1 heterocycles. The van der Waals surface area contributed by atoms with Crippen LogP contribution in [0.25, 0.3) is 0 Å². The number of anilines is 1. The molecule has 0 unspecified atom stereocenters. The van der Waals surface area contributed by atoms with E-state index in [0.717, 1.165) is 13.0 Å². The van der Waals surface area contributed by atoms with Crippen LogP contribution in [0.4, 0.5) is 5.69 Å². The van der Waals surface area contributed by atoms with Crippen LogP contribution in [-0.2, 0) is 0 Å². The number of rotatable bonds is 5. The smallest absolute Gasteiger partial charge is 0.240 e. The van der Waals surface area contributed by atoms with Crippen molar-refractivity contribution in [2.75, 3.05) is 33.0 Å². The van der Waals surface area contributed by atoms with Crippen molar-refractivity contribution < 1.29 is 4.74 Å². The molecule has 0 radical (unpaired) electrons. The topological polar surface area (TPSA) is 64.3 Å². The molecule has 0 saturated heterocycles. The molecule has 1 aromatic rings. The van der Waals surface area contributed by atoms with Crippen LogP contribution in [0.5, 0.6) is 5.88 Å². The zero-order valence-electron chi connectivity index (χ0n) is 8.60. The molecule has 0 aliphatic heterocycles. The van der Waals surface area contributed by atoms with Gasteiger partial charge in [0.1, 0.15) is 12.0 Å². The number of hydrogen-bond acceptors (Lipinski definition) is 5. The van der Waals surface area contributed by atoms with Crippen LogP contribution in [-0.4, -0.2) is 42.1 Å². The highest BCUT2D eigenvalue weighted by Gasteiger charge is 2.00. The van der Waals surface area contributed by atoms with Crippen LogP contribution in [0.15, 0.2) is 12.5 Å². The predicted octanol–water partition coefficient (Wildman–Crippen LogP) is 0.389. The van der Waals surface area contributed by atoms with Gasteiger partial charge in [-0.3, -0.25) is 0 Å². The van der Waals surface area contributed by atoms with Crippen molar-refractivity contribution >= 4 is 5.69 Å². The third kappa shape index (κ3) is 3.57. The Labute approximate surface area is 83.9 Å². The molecule has 5 nitrogen and oxygen atoms in total. The number of hydrogen-bond donors (Lipinski definition) is 1. The molecule has 1 rings (SSSR count). The first-order valence-electron chi connectivity index (χ1n) is 4.53. The van der Waals surface area contributed by atoms with E-state index in [9.17, 15) is 0 Å². The molecule has 0 atom stereocenters. The van der Waals surface area contributed by atoms with E-state index < -0.39 is 0 Å². The van der Waals surface area contributed by atoms with Crippen molar-refractivity contribution in [1.29, 1.82) is 0 Å². The molecule has 2 N–H and O–H groups in total. The van der Waals surface area contributed by atoms with Crippen molar-refractivity contribution in [3.05, 3.63) is 12.5 Å². The van der Waals surface area contributed by atoms with Gasteiger partial charge in [-0.25, -0.2) is 9.97 Å². The molecule has 1 aromatic heterocycles. The summed E-state index contributed by atoms with van der Waals surface area (Å²) in [5.41, 5.74) is 6.09. The van der Waals surface area contributed by atoms with Gasteiger partial charge in [0.2, 0.25) is 5.88 Å².